The Morgan fingerprint density at radius 2 is 1.60 bits per heavy atom. The molecule has 5 aromatic rings. The largest absolute Gasteiger partial charge is 0.243 e. The number of sulfonamides is 1. The van der Waals surface area contributed by atoms with Crippen LogP contribution in [0.25, 0.3) is 27.5 Å². The third-order valence-corrected chi connectivity index (χ3v) is 8.20. The van der Waals surface area contributed by atoms with Crippen LogP contribution >= 0.6 is 0 Å². The molecule has 0 amide bonds. The lowest BCUT2D eigenvalue weighted by Gasteiger charge is -2.21. The van der Waals surface area contributed by atoms with Gasteiger partial charge in [0, 0.05) is 17.5 Å². The molecule has 0 saturated heterocycles. The molecule has 0 aliphatic carbocycles. The third kappa shape index (κ3) is 4.59. The quantitative estimate of drug-likeness (QED) is 0.255. The fourth-order valence-electron chi connectivity index (χ4n) is 4.42. The molecule has 35 heavy (non-hydrogen) atoms. The molecule has 178 valence electrons. The zero-order chi connectivity index (χ0) is 24.4. The second kappa shape index (κ2) is 9.64. The molecule has 0 N–H and O–H groups in total. The lowest BCUT2D eigenvalue weighted by atomic mass is 10.1. The highest BCUT2D eigenvalue weighted by Gasteiger charge is 2.25. The van der Waals surface area contributed by atoms with Gasteiger partial charge in [0.1, 0.15) is 0 Å². The van der Waals surface area contributed by atoms with E-state index in [4.69, 9.17) is 5.10 Å². The summed E-state index contributed by atoms with van der Waals surface area (Å²) >= 11 is 0. The van der Waals surface area contributed by atoms with Gasteiger partial charge in [-0.15, -0.1) is 0 Å². The molecule has 0 unspecified atom stereocenters. The fraction of sp³-hybridized carbons (Fsp3) is 0.207. The Morgan fingerprint density at radius 1 is 0.886 bits per heavy atom. The van der Waals surface area contributed by atoms with E-state index in [0.717, 1.165) is 51.6 Å². The zero-order valence-electron chi connectivity index (χ0n) is 20.1. The van der Waals surface area contributed by atoms with Crippen LogP contribution < -0.4 is 0 Å². The number of aromatic nitrogens is 2. The third-order valence-electron chi connectivity index (χ3n) is 6.34. The van der Waals surface area contributed by atoms with Crippen molar-refractivity contribution < 1.29 is 8.42 Å². The summed E-state index contributed by atoms with van der Waals surface area (Å²) in [6.07, 6.45) is 1.70. The van der Waals surface area contributed by atoms with Crippen LogP contribution in [0.5, 0.6) is 0 Å². The van der Waals surface area contributed by atoms with Crippen molar-refractivity contribution >= 4 is 26.3 Å². The number of rotatable bonds is 8. The normalized spacial score (nSPS) is 12.1. The van der Waals surface area contributed by atoms with Crippen molar-refractivity contribution in [3.63, 3.8) is 0 Å². The van der Waals surface area contributed by atoms with Gasteiger partial charge in [-0.05, 0) is 43.0 Å². The number of hydrogen-bond donors (Lipinski definition) is 0. The molecule has 6 heteroatoms. The van der Waals surface area contributed by atoms with Gasteiger partial charge < -0.3 is 0 Å². The summed E-state index contributed by atoms with van der Waals surface area (Å²) < 4.78 is 30.6. The van der Waals surface area contributed by atoms with E-state index in [2.05, 4.69) is 37.3 Å². The van der Waals surface area contributed by atoms with Crippen molar-refractivity contribution in [1.29, 1.82) is 0 Å². The maximum Gasteiger partial charge on any atom is 0.243 e. The van der Waals surface area contributed by atoms with Crippen LogP contribution in [0.15, 0.2) is 95.9 Å². The van der Waals surface area contributed by atoms with Gasteiger partial charge >= 0.3 is 0 Å². The molecule has 0 bridgehead atoms. The summed E-state index contributed by atoms with van der Waals surface area (Å²) in [6, 6.07) is 29.6. The van der Waals surface area contributed by atoms with Crippen LogP contribution in [0.1, 0.15) is 31.0 Å². The van der Waals surface area contributed by atoms with Crippen molar-refractivity contribution in [3.05, 3.63) is 102 Å². The Hall–Kier alpha value is -3.48. The predicted molar refractivity (Wildman–Crippen MR) is 142 cm³/mol. The van der Waals surface area contributed by atoms with E-state index in [1.54, 1.807) is 16.4 Å². The molecule has 0 aliphatic rings. The number of aryl methyl sites for hydroxylation is 1. The summed E-state index contributed by atoms with van der Waals surface area (Å²) in [5, 5.41) is 7.13. The standard InChI is InChI=1S/C29H29N3O2S/c1-3-4-18-31(35(33,34)26-16-14-22(2)15-17-26)21-25-20-29-27-13-9-8-12-24(27)19-28(32(29)30-25)23-10-6-5-7-11-23/h5-17,19-20H,3-4,18,21H2,1-2H3. The number of pyridine rings is 1. The van der Waals surface area contributed by atoms with E-state index in [0.29, 0.717) is 11.4 Å². The Morgan fingerprint density at radius 3 is 2.34 bits per heavy atom. The van der Waals surface area contributed by atoms with Gasteiger partial charge in [-0.1, -0.05) is 85.6 Å². The molecule has 0 radical (unpaired) electrons. The van der Waals surface area contributed by atoms with Gasteiger partial charge in [0.2, 0.25) is 10.0 Å². The molecule has 0 saturated carbocycles. The van der Waals surface area contributed by atoms with Gasteiger partial charge in [-0.3, -0.25) is 0 Å². The van der Waals surface area contributed by atoms with Gasteiger partial charge in [-0.25, -0.2) is 12.9 Å². The molecule has 0 atom stereocenters. The molecule has 0 aliphatic heterocycles. The molecule has 2 aromatic heterocycles. The Balaban J connectivity index is 1.61. The van der Waals surface area contributed by atoms with E-state index in [1.807, 2.05) is 60.0 Å². The number of nitrogens with zero attached hydrogens (tertiary/aromatic N) is 3. The Labute approximate surface area is 206 Å². The van der Waals surface area contributed by atoms with Gasteiger partial charge in [0.25, 0.3) is 0 Å². The molecule has 2 heterocycles. The summed E-state index contributed by atoms with van der Waals surface area (Å²) in [7, 11) is -3.65. The molecule has 0 fully saturated rings. The molecule has 3 aromatic carbocycles. The van der Waals surface area contributed by atoms with Crippen LogP contribution in [0.2, 0.25) is 0 Å². The number of unbranched alkanes of at least 4 members (excludes halogenated alkanes) is 1. The smallest absolute Gasteiger partial charge is 0.232 e. The fourth-order valence-corrected chi connectivity index (χ4v) is 5.87. The van der Waals surface area contributed by atoms with Gasteiger partial charge in [0.15, 0.2) is 0 Å². The van der Waals surface area contributed by atoms with Crippen molar-refractivity contribution in [2.24, 2.45) is 0 Å². The molecular formula is C29H29N3O2S. The van der Waals surface area contributed by atoms with E-state index in [-0.39, 0.29) is 6.54 Å². The Kier molecular flexibility index (Phi) is 6.41. The highest BCUT2D eigenvalue weighted by Crippen LogP contribution is 2.29. The number of hydrogen-bond acceptors (Lipinski definition) is 3. The van der Waals surface area contributed by atoms with Crippen molar-refractivity contribution in [2.45, 2.75) is 38.1 Å². The lowest BCUT2D eigenvalue weighted by molar-refractivity contribution is 0.393. The zero-order valence-corrected chi connectivity index (χ0v) is 20.9. The highest BCUT2D eigenvalue weighted by atomic mass is 32.2. The van der Waals surface area contributed by atoms with E-state index in [1.165, 1.54) is 0 Å². The lowest BCUT2D eigenvalue weighted by Crippen LogP contribution is -2.31. The highest BCUT2D eigenvalue weighted by molar-refractivity contribution is 7.89. The molecule has 5 rings (SSSR count). The Bertz CT molecular complexity index is 1570. The minimum Gasteiger partial charge on any atom is -0.232 e. The first-order valence-corrected chi connectivity index (χ1v) is 13.4. The van der Waals surface area contributed by atoms with Crippen molar-refractivity contribution in [2.75, 3.05) is 6.54 Å². The van der Waals surface area contributed by atoms with Crippen LogP contribution in [-0.4, -0.2) is 28.9 Å². The molecule has 0 spiro atoms. The van der Waals surface area contributed by atoms with Crippen molar-refractivity contribution in [3.8, 4) is 11.3 Å². The van der Waals surface area contributed by atoms with Crippen LogP contribution in [0.3, 0.4) is 0 Å². The summed E-state index contributed by atoms with van der Waals surface area (Å²) in [5.74, 6) is 0. The number of benzene rings is 3. The number of fused-ring (bicyclic) bond motifs is 3. The van der Waals surface area contributed by atoms with E-state index >= 15 is 0 Å². The maximum absolute atomic E-state index is 13.6. The van der Waals surface area contributed by atoms with E-state index in [9.17, 15) is 8.42 Å². The monoisotopic (exact) mass is 483 g/mol. The first-order valence-electron chi connectivity index (χ1n) is 12.0. The maximum atomic E-state index is 13.6. The average molecular weight is 484 g/mol. The average Bonchev–Trinajstić information content (AvgIpc) is 3.31. The first kappa shape index (κ1) is 23.3. The van der Waals surface area contributed by atoms with Crippen LogP contribution in [0, 0.1) is 6.92 Å². The van der Waals surface area contributed by atoms with Crippen LogP contribution in [-0.2, 0) is 16.6 Å². The minimum atomic E-state index is -3.65. The topological polar surface area (TPSA) is 54.7 Å². The second-order valence-electron chi connectivity index (χ2n) is 8.92. The SMILES string of the molecule is CCCCN(Cc1cc2c3ccccc3cc(-c3ccccc3)n2n1)S(=O)(=O)c1ccc(C)cc1. The summed E-state index contributed by atoms with van der Waals surface area (Å²) in [4.78, 5) is 0.318. The van der Waals surface area contributed by atoms with Crippen LogP contribution in [0.4, 0.5) is 0 Å². The predicted octanol–water partition coefficient (Wildman–Crippen LogP) is 6.45. The minimum absolute atomic E-state index is 0.223. The van der Waals surface area contributed by atoms with Gasteiger partial charge in [-0.2, -0.15) is 9.40 Å². The molecular weight excluding hydrogens is 454 g/mol. The van der Waals surface area contributed by atoms with E-state index < -0.39 is 10.0 Å². The van der Waals surface area contributed by atoms with Crippen molar-refractivity contribution in [1.82, 2.24) is 13.9 Å². The second-order valence-corrected chi connectivity index (χ2v) is 10.9. The summed E-state index contributed by atoms with van der Waals surface area (Å²) in [6.45, 7) is 4.70. The first-order chi connectivity index (χ1) is 17.0. The summed E-state index contributed by atoms with van der Waals surface area (Å²) in [5.41, 5.74) is 4.77. The van der Waals surface area contributed by atoms with Gasteiger partial charge in [0.05, 0.1) is 28.3 Å². The molecule has 5 nitrogen and oxygen atoms in total.